The average Bonchev–Trinajstić information content (AvgIpc) is 2.39. The first-order valence-electron chi connectivity index (χ1n) is 5.97. The summed E-state index contributed by atoms with van der Waals surface area (Å²) in [6.07, 6.45) is 1.63. The lowest BCUT2D eigenvalue weighted by atomic mass is 10.2. The van der Waals surface area contributed by atoms with Gasteiger partial charge in [-0.15, -0.1) is 0 Å². The summed E-state index contributed by atoms with van der Waals surface area (Å²) in [7, 11) is 2.07. The molecule has 0 atom stereocenters. The lowest BCUT2D eigenvalue weighted by Crippen LogP contribution is -2.41. The highest BCUT2D eigenvalue weighted by molar-refractivity contribution is 6.32. The Morgan fingerprint density at radius 1 is 1.37 bits per heavy atom. The molecule has 0 saturated carbocycles. The van der Waals surface area contributed by atoms with Gasteiger partial charge < -0.3 is 4.90 Å². The summed E-state index contributed by atoms with van der Waals surface area (Å²) in [6.45, 7) is 3.67. The maximum Gasteiger partial charge on any atom is 0.288 e. The summed E-state index contributed by atoms with van der Waals surface area (Å²) in [4.78, 5) is 12.5. The zero-order valence-corrected chi connectivity index (χ0v) is 11.4. The second kappa shape index (κ2) is 5.99. The Bertz CT molecular complexity index is 499. The summed E-state index contributed by atoms with van der Waals surface area (Å²) in [5.74, 6) is 0. The maximum absolute atomic E-state index is 10.8. The SMILES string of the molecule is CN1CCN(/N=C\c2ccc(Cl)c([N+](=O)[O-])c2)CC1. The molecule has 0 unspecified atom stereocenters. The minimum atomic E-state index is -0.491. The van der Waals surface area contributed by atoms with E-state index in [0.29, 0.717) is 5.56 Å². The highest BCUT2D eigenvalue weighted by Gasteiger charge is 2.13. The molecule has 0 aromatic heterocycles. The number of hydrogen-bond acceptors (Lipinski definition) is 5. The van der Waals surface area contributed by atoms with Crippen LogP contribution in [-0.4, -0.2) is 54.3 Å². The topological polar surface area (TPSA) is 62.0 Å². The number of nitro benzene ring substituents is 1. The van der Waals surface area contributed by atoms with Crippen molar-refractivity contribution in [3.63, 3.8) is 0 Å². The summed E-state index contributed by atoms with van der Waals surface area (Å²) < 4.78 is 0. The molecule has 0 aliphatic carbocycles. The Labute approximate surface area is 116 Å². The molecule has 7 heteroatoms. The molecule has 0 amide bonds. The molecule has 1 aliphatic heterocycles. The molecule has 2 rings (SSSR count). The Hall–Kier alpha value is -1.66. The van der Waals surface area contributed by atoms with Crippen molar-refractivity contribution < 1.29 is 4.92 Å². The first kappa shape index (κ1) is 13.8. The van der Waals surface area contributed by atoms with Crippen LogP contribution in [0.2, 0.25) is 5.02 Å². The molecule has 102 valence electrons. The molecule has 1 aliphatic rings. The molecule has 0 bridgehead atoms. The number of piperazine rings is 1. The number of likely N-dealkylation sites (N-methyl/N-ethyl adjacent to an activating group) is 1. The molecule has 0 N–H and O–H groups in total. The van der Waals surface area contributed by atoms with Crippen molar-refractivity contribution in [2.45, 2.75) is 0 Å². The van der Waals surface area contributed by atoms with Crippen molar-refractivity contribution in [1.82, 2.24) is 9.91 Å². The van der Waals surface area contributed by atoms with Gasteiger partial charge in [0.2, 0.25) is 0 Å². The van der Waals surface area contributed by atoms with E-state index in [4.69, 9.17) is 11.6 Å². The average molecular weight is 283 g/mol. The van der Waals surface area contributed by atoms with E-state index in [9.17, 15) is 10.1 Å². The first-order valence-corrected chi connectivity index (χ1v) is 6.35. The van der Waals surface area contributed by atoms with E-state index < -0.39 is 4.92 Å². The Balaban J connectivity index is 2.06. The standard InChI is InChI=1S/C12H15ClN4O2/c1-15-4-6-16(7-5-15)14-9-10-2-3-11(13)12(8-10)17(18)19/h2-3,8-9H,4-7H2,1H3/b14-9-. The summed E-state index contributed by atoms with van der Waals surface area (Å²) in [6, 6.07) is 4.67. The zero-order valence-electron chi connectivity index (χ0n) is 10.6. The molecule has 0 spiro atoms. The first-order chi connectivity index (χ1) is 9.06. The summed E-state index contributed by atoms with van der Waals surface area (Å²) in [5, 5.41) is 17.2. The van der Waals surface area contributed by atoms with Gasteiger partial charge in [0.25, 0.3) is 5.69 Å². The van der Waals surface area contributed by atoms with Crippen molar-refractivity contribution >= 4 is 23.5 Å². The van der Waals surface area contributed by atoms with Crippen LogP contribution >= 0.6 is 11.6 Å². The minimum absolute atomic E-state index is 0.0935. The number of nitrogens with zero attached hydrogens (tertiary/aromatic N) is 4. The molecule has 19 heavy (non-hydrogen) atoms. The fourth-order valence-electron chi connectivity index (χ4n) is 1.81. The van der Waals surface area contributed by atoms with Crippen molar-refractivity contribution in [1.29, 1.82) is 0 Å². The third-order valence-electron chi connectivity index (χ3n) is 3.02. The van der Waals surface area contributed by atoms with Gasteiger partial charge in [-0.25, -0.2) is 0 Å². The molecule has 0 radical (unpaired) electrons. The molecule has 1 saturated heterocycles. The van der Waals surface area contributed by atoms with Crippen molar-refractivity contribution in [3.05, 3.63) is 38.9 Å². The van der Waals surface area contributed by atoms with Crippen molar-refractivity contribution in [2.75, 3.05) is 33.2 Å². The van der Waals surface area contributed by atoms with Crippen LogP contribution in [0, 0.1) is 10.1 Å². The van der Waals surface area contributed by atoms with Crippen LogP contribution in [0.3, 0.4) is 0 Å². The molecule has 1 aromatic rings. The van der Waals surface area contributed by atoms with Crippen LogP contribution in [0.15, 0.2) is 23.3 Å². The summed E-state index contributed by atoms with van der Waals surface area (Å²) >= 11 is 5.75. The van der Waals surface area contributed by atoms with Gasteiger partial charge in [0.05, 0.1) is 11.1 Å². The van der Waals surface area contributed by atoms with Crippen LogP contribution in [0.25, 0.3) is 0 Å². The van der Waals surface area contributed by atoms with Gasteiger partial charge in [-0.2, -0.15) is 5.10 Å². The highest BCUT2D eigenvalue weighted by atomic mass is 35.5. The fourth-order valence-corrected chi connectivity index (χ4v) is 2.00. The number of rotatable bonds is 3. The smallest absolute Gasteiger partial charge is 0.288 e. The predicted octanol–water partition coefficient (Wildman–Crippen LogP) is 1.83. The number of benzene rings is 1. The van der Waals surface area contributed by atoms with Gasteiger partial charge in [0.15, 0.2) is 0 Å². The van der Waals surface area contributed by atoms with E-state index in [-0.39, 0.29) is 10.7 Å². The van der Waals surface area contributed by atoms with E-state index >= 15 is 0 Å². The number of halogens is 1. The molecular formula is C12H15ClN4O2. The van der Waals surface area contributed by atoms with E-state index in [1.807, 2.05) is 5.01 Å². The van der Waals surface area contributed by atoms with Gasteiger partial charge in [-0.1, -0.05) is 17.7 Å². The van der Waals surface area contributed by atoms with Gasteiger partial charge >= 0.3 is 0 Å². The zero-order chi connectivity index (χ0) is 13.8. The Kier molecular flexibility index (Phi) is 4.34. The monoisotopic (exact) mass is 282 g/mol. The van der Waals surface area contributed by atoms with Crippen LogP contribution in [0.5, 0.6) is 0 Å². The second-order valence-corrected chi connectivity index (χ2v) is 4.88. The van der Waals surface area contributed by atoms with Gasteiger partial charge in [-0.05, 0) is 13.1 Å². The van der Waals surface area contributed by atoms with E-state index in [1.54, 1.807) is 12.3 Å². The van der Waals surface area contributed by atoms with Crippen LogP contribution < -0.4 is 0 Å². The molecular weight excluding hydrogens is 268 g/mol. The van der Waals surface area contributed by atoms with Gasteiger partial charge in [0.1, 0.15) is 5.02 Å². The summed E-state index contributed by atoms with van der Waals surface area (Å²) in [5.41, 5.74) is 0.582. The van der Waals surface area contributed by atoms with Crippen molar-refractivity contribution in [3.8, 4) is 0 Å². The van der Waals surface area contributed by atoms with Crippen molar-refractivity contribution in [2.24, 2.45) is 5.10 Å². The van der Waals surface area contributed by atoms with E-state index in [2.05, 4.69) is 17.0 Å². The van der Waals surface area contributed by atoms with Crippen LogP contribution in [-0.2, 0) is 0 Å². The molecule has 1 heterocycles. The van der Waals surface area contributed by atoms with Gasteiger partial charge in [-0.3, -0.25) is 15.1 Å². The highest BCUT2D eigenvalue weighted by Crippen LogP contribution is 2.24. The number of hydrogen-bond donors (Lipinski definition) is 0. The van der Waals surface area contributed by atoms with E-state index in [0.717, 1.165) is 26.2 Å². The Morgan fingerprint density at radius 3 is 2.68 bits per heavy atom. The predicted molar refractivity (Wildman–Crippen MR) is 74.8 cm³/mol. The molecule has 1 aromatic carbocycles. The lowest BCUT2D eigenvalue weighted by Gasteiger charge is -2.30. The van der Waals surface area contributed by atoms with Gasteiger partial charge in [0, 0.05) is 37.8 Å². The third kappa shape index (κ3) is 3.65. The van der Waals surface area contributed by atoms with Crippen LogP contribution in [0.1, 0.15) is 5.56 Å². The van der Waals surface area contributed by atoms with Crippen LogP contribution in [0.4, 0.5) is 5.69 Å². The number of hydrazone groups is 1. The lowest BCUT2D eigenvalue weighted by molar-refractivity contribution is -0.384. The maximum atomic E-state index is 10.8. The third-order valence-corrected chi connectivity index (χ3v) is 3.34. The Morgan fingerprint density at radius 2 is 2.05 bits per heavy atom. The quantitative estimate of drug-likeness (QED) is 0.482. The minimum Gasteiger partial charge on any atom is -0.303 e. The molecule has 1 fully saturated rings. The fraction of sp³-hybridized carbons (Fsp3) is 0.417. The normalized spacial score (nSPS) is 17.1. The van der Waals surface area contributed by atoms with E-state index in [1.165, 1.54) is 12.1 Å². The largest absolute Gasteiger partial charge is 0.303 e. The molecule has 6 nitrogen and oxygen atoms in total. The number of nitro groups is 1. The second-order valence-electron chi connectivity index (χ2n) is 4.47.